The van der Waals surface area contributed by atoms with Gasteiger partial charge in [-0.25, -0.2) is 9.38 Å². The summed E-state index contributed by atoms with van der Waals surface area (Å²) in [6, 6.07) is 4.67. The predicted molar refractivity (Wildman–Crippen MR) is 62.8 cm³/mol. The second-order valence-electron chi connectivity index (χ2n) is 4.84. The number of hydrogen-bond acceptors (Lipinski definition) is 4. The zero-order chi connectivity index (χ0) is 12.2. The summed E-state index contributed by atoms with van der Waals surface area (Å²) in [4.78, 5) is 4.29. The van der Waals surface area contributed by atoms with E-state index in [1.165, 1.54) is 6.07 Å². The highest BCUT2D eigenvalue weighted by Gasteiger charge is 2.57. The van der Waals surface area contributed by atoms with Crippen LogP contribution in [0.1, 0.15) is 18.9 Å². The number of halogens is 1. The van der Waals surface area contributed by atoms with Gasteiger partial charge >= 0.3 is 0 Å². The van der Waals surface area contributed by atoms with Crippen LogP contribution in [0.25, 0.3) is 0 Å². The Kier molecular flexibility index (Phi) is 1.91. The van der Waals surface area contributed by atoms with E-state index >= 15 is 0 Å². The molecule has 1 saturated carbocycles. The Labute approximate surface area is 98.5 Å². The van der Waals surface area contributed by atoms with Crippen molar-refractivity contribution in [2.45, 2.75) is 25.0 Å². The van der Waals surface area contributed by atoms with Crippen molar-refractivity contribution < 1.29 is 9.13 Å². The maximum atomic E-state index is 13.9. The molecule has 0 spiro atoms. The zero-order valence-electron chi connectivity index (χ0n) is 9.48. The summed E-state index contributed by atoms with van der Waals surface area (Å²) in [5, 5.41) is 0. The summed E-state index contributed by atoms with van der Waals surface area (Å²) >= 11 is 0. The average molecular weight is 235 g/mol. The van der Waals surface area contributed by atoms with Gasteiger partial charge in [0.1, 0.15) is 11.9 Å². The summed E-state index contributed by atoms with van der Waals surface area (Å²) in [6.45, 7) is 1.88. The Morgan fingerprint density at radius 2 is 2.24 bits per heavy atom. The molecule has 1 aliphatic carbocycles. The molecule has 0 saturated heterocycles. The highest BCUT2D eigenvalue weighted by Crippen LogP contribution is 2.53. The Hall–Kier alpha value is -1.78. The van der Waals surface area contributed by atoms with Gasteiger partial charge in [-0.2, -0.15) is 0 Å². The number of nitrogens with zero attached hydrogens (tertiary/aromatic N) is 1. The van der Waals surface area contributed by atoms with Gasteiger partial charge in [0.05, 0.1) is 5.54 Å². The summed E-state index contributed by atoms with van der Waals surface area (Å²) < 4.78 is 19.2. The molecule has 1 aromatic rings. The number of nitrogen functional groups attached to an aromatic ring is 1. The van der Waals surface area contributed by atoms with Crippen molar-refractivity contribution in [2.24, 2.45) is 16.6 Å². The average Bonchev–Trinajstić information content (AvgIpc) is 3.01. The third-order valence-electron chi connectivity index (χ3n) is 3.60. The quantitative estimate of drug-likeness (QED) is 0.722. The summed E-state index contributed by atoms with van der Waals surface area (Å²) in [5.41, 5.74) is 11.7. The molecule has 1 unspecified atom stereocenters. The van der Waals surface area contributed by atoms with Crippen LogP contribution in [0, 0.1) is 11.7 Å². The molecule has 1 aromatic carbocycles. The number of fused-ring (bicyclic) bond motifs is 1. The number of ether oxygens (including phenoxy) is 1. The molecule has 3 atom stereocenters. The maximum Gasteiger partial charge on any atom is 0.283 e. The van der Waals surface area contributed by atoms with Crippen LogP contribution in [0.15, 0.2) is 23.2 Å². The van der Waals surface area contributed by atoms with Crippen LogP contribution in [0.2, 0.25) is 0 Å². The topological polar surface area (TPSA) is 73.6 Å². The predicted octanol–water partition coefficient (Wildman–Crippen LogP) is 1.36. The molecule has 4 N–H and O–H groups in total. The number of aliphatic imine (C=N–C) groups is 1. The van der Waals surface area contributed by atoms with Crippen molar-refractivity contribution in [3.63, 3.8) is 0 Å². The van der Waals surface area contributed by atoms with Crippen molar-refractivity contribution in [3.8, 4) is 0 Å². The molecule has 1 fully saturated rings. The van der Waals surface area contributed by atoms with Gasteiger partial charge < -0.3 is 16.2 Å². The Balaban J connectivity index is 2.13. The number of hydrogen-bond donors (Lipinski definition) is 2. The first-order chi connectivity index (χ1) is 8.00. The molecule has 0 amide bonds. The number of nitrogens with two attached hydrogens (primary N) is 2. The first-order valence-corrected chi connectivity index (χ1v) is 5.58. The van der Waals surface area contributed by atoms with E-state index in [9.17, 15) is 4.39 Å². The van der Waals surface area contributed by atoms with E-state index in [4.69, 9.17) is 16.2 Å². The van der Waals surface area contributed by atoms with Gasteiger partial charge in [-0.3, -0.25) is 0 Å². The van der Waals surface area contributed by atoms with Crippen LogP contribution in [-0.2, 0) is 10.3 Å². The van der Waals surface area contributed by atoms with Gasteiger partial charge in [-0.15, -0.1) is 0 Å². The molecule has 5 heteroatoms. The van der Waals surface area contributed by atoms with Crippen LogP contribution in [0.5, 0.6) is 0 Å². The lowest BCUT2D eigenvalue weighted by Crippen LogP contribution is -2.35. The molecule has 17 heavy (non-hydrogen) atoms. The largest absolute Gasteiger partial charge is 0.462 e. The molecule has 0 radical (unpaired) electrons. The molecule has 0 bridgehead atoms. The molecule has 3 rings (SSSR count). The Morgan fingerprint density at radius 1 is 1.47 bits per heavy atom. The fraction of sp³-hybridized carbons (Fsp3) is 0.417. The maximum absolute atomic E-state index is 13.9. The van der Waals surface area contributed by atoms with E-state index in [0.29, 0.717) is 11.3 Å². The van der Waals surface area contributed by atoms with Crippen LogP contribution in [0.4, 0.5) is 10.1 Å². The molecule has 90 valence electrons. The fourth-order valence-electron chi connectivity index (χ4n) is 2.58. The van der Waals surface area contributed by atoms with Gasteiger partial charge in [0, 0.05) is 17.2 Å². The van der Waals surface area contributed by atoms with Crippen molar-refractivity contribution >= 4 is 11.7 Å². The van der Waals surface area contributed by atoms with Crippen LogP contribution in [0.3, 0.4) is 0 Å². The van der Waals surface area contributed by atoms with Crippen molar-refractivity contribution in [1.82, 2.24) is 0 Å². The van der Waals surface area contributed by atoms with Gasteiger partial charge in [0.25, 0.3) is 6.02 Å². The van der Waals surface area contributed by atoms with Crippen LogP contribution < -0.4 is 11.5 Å². The fourth-order valence-corrected chi connectivity index (χ4v) is 2.58. The lowest BCUT2D eigenvalue weighted by atomic mass is 9.86. The minimum atomic E-state index is -0.660. The minimum absolute atomic E-state index is 0.0679. The monoisotopic (exact) mass is 235 g/mol. The van der Waals surface area contributed by atoms with E-state index in [2.05, 4.69) is 4.99 Å². The Bertz CT molecular complexity index is 516. The number of benzene rings is 1. The zero-order valence-corrected chi connectivity index (χ0v) is 9.48. The van der Waals surface area contributed by atoms with E-state index in [1.807, 2.05) is 6.92 Å². The van der Waals surface area contributed by atoms with Gasteiger partial charge in [-0.05, 0) is 31.5 Å². The molecular formula is C12H14FN3O. The molecule has 0 aromatic heterocycles. The lowest BCUT2D eigenvalue weighted by molar-refractivity contribution is 0.202. The molecular weight excluding hydrogens is 221 g/mol. The third-order valence-corrected chi connectivity index (χ3v) is 3.60. The smallest absolute Gasteiger partial charge is 0.283 e. The summed E-state index contributed by atoms with van der Waals surface area (Å²) in [7, 11) is 0. The molecule has 4 nitrogen and oxygen atoms in total. The van der Waals surface area contributed by atoms with E-state index in [-0.39, 0.29) is 23.9 Å². The van der Waals surface area contributed by atoms with Gasteiger partial charge in [0.2, 0.25) is 0 Å². The van der Waals surface area contributed by atoms with Crippen molar-refractivity contribution in [2.75, 3.05) is 5.73 Å². The second kappa shape index (κ2) is 3.12. The highest BCUT2D eigenvalue weighted by atomic mass is 19.1. The minimum Gasteiger partial charge on any atom is -0.462 e. The number of rotatable bonds is 1. The van der Waals surface area contributed by atoms with E-state index < -0.39 is 5.54 Å². The van der Waals surface area contributed by atoms with Crippen molar-refractivity contribution in [1.29, 1.82) is 0 Å². The molecule has 1 aliphatic heterocycles. The highest BCUT2D eigenvalue weighted by molar-refractivity contribution is 5.74. The first kappa shape index (κ1) is 10.4. The van der Waals surface area contributed by atoms with Crippen LogP contribution in [-0.4, -0.2) is 12.1 Å². The van der Waals surface area contributed by atoms with Gasteiger partial charge in [-0.1, -0.05) is 0 Å². The van der Waals surface area contributed by atoms with Crippen molar-refractivity contribution in [3.05, 3.63) is 29.6 Å². The van der Waals surface area contributed by atoms with E-state index in [1.54, 1.807) is 12.1 Å². The SMILES string of the molecule is C[C@]1(c2cc(N)ccc2F)N=C(N)OC2C[C@@H]21. The third kappa shape index (κ3) is 1.45. The molecule has 2 aliphatic rings. The van der Waals surface area contributed by atoms with E-state index in [0.717, 1.165) is 6.42 Å². The summed E-state index contributed by atoms with van der Waals surface area (Å²) in [5.74, 6) is -0.114. The standard InChI is InChI=1S/C12H14FN3O/c1-12(7-4-6(14)2-3-9(7)13)8-5-10(8)17-11(15)16-12/h2-4,8,10H,5,14H2,1H3,(H2,15,16)/t8-,10?,12+/m0/s1. The molecule has 1 heterocycles. The van der Waals surface area contributed by atoms with Crippen LogP contribution >= 0.6 is 0 Å². The number of anilines is 1. The Morgan fingerprint density at radius 3 is 3.00 bits per heavy atom. The number of amidine groups is 1. The van der Waals surface area contributed by atoms with Gasteiger partial charge in [0.15, 0.2) is 0 Å². The normalized spacial score (nSPS) is 34.6. The first-order valence-electron chi connectivity index (χ1n) is 5.58. The second-order valence-corrected chi connectivity index (χ2v) is 4.84. The lowest BCUT2D eigenvalue weighted by Gasteiger charge is -2.30. The summed E-state index contributed by atoms with van der Waals surface area (Å²) in [6.07, 6.45) is 0.924.